The Morgan fingerprint density at radius 1 is 1.00 bits per heavy atom. The van der Waals surface area contributed by atoms with Gasteiger partial charge in [0.1, 0.15) is 0 Å². The number of hydrogen-bond acceptors (Lipinski definition) is 4. The van der Waals surface area contributed by atoms with Gasteiger partial charge in [0.2, 0.25) is 0 Å². The first-order valence-corrected chi connectivity index (χ1v) is 6.76. The molecule has 1 N–H and O–H groups in total. The molecular weight excluding hydrogens is 362 g/mol. The smallest absolute Gasteiger partial charge is 0.261 e. The summed E-state index contributed by atoms with van der Waals surface area (Å²) in [7, 11) is 0. The summed E-state index contributed by atoms with van der Waals surface area (Å²) in [6.07, 6.45) is 3.44. The van der Waals surface area contributed by atoms with Crippen molar-refractivity contribution in [3.8, 4) is 5.75 Å². The van der Waals surface area contributed by atoms with Crippen molar-refractivity contribution in [2.24, 2.45) is 0 Å². The number of carbonyl (C=O) groups excluding carboxylic acids is 2. The van der Waals surface area contributed by atoms with Crippen LogP contribution in [0.2, 0.25) is 0 Å². The molecule has 1 aliphatic heterocycles. The van der Waals surface area contributed by atoms with Crippen LogP contribution < -0.4 is 0 Å². The number of amides is 2. The van der Waals surface area contributed by atoms with Gasteiger partial charge in [-0.05, 0) is 24.3 Å². The molecule has 2 amide bonds. The molecule has 0 unspecified atom stereocenters. The van der Waals surface area contributed by atoms with Crippen molar-refractivity contribution in [2.45, 2.75) is 6.54 Å². The van der Waals surface area contributed by atoms with E-state index in [-0.39, 0.29) is 41.1 Å². The highest BCUT2D eigenvalue weighted by atomic mass is 79.9. The second-order valence-electron chi connectivity index (χ2n) is 5.10. The van der Waals surface area contributed by atoms with Crippen LogP contribution in [0.5, 0.6) is 5.75 Å². The summed E-state index contributed by atoms with van der Waals surface area (Å²) in [6, 6.07) is 9.98. The maximum atomic E-state index is 12.3. The largest absolute Gasteiger partial charge is 0.504 e. The van der Waals surface area contributed by atoms with Gasteiger partial charge < -0.3 is 9.51 Å². The van der Waals surface area contributed by atoms with E-state index < -0.39 is 0 Å². The Kier molecular flexibility index (Phi) is 3.65. The van der Waals surface area contributed by atoms with Gasteiger partial charge in [-0.25, -0.2) is 4.98 Å². The summed E-state index contributed by atoms with van der Waals surface area (Å²) < 4.78 is 1.66. The Labute approximate surface area is 141 Å². The van der Waals surface area contributed by atoms with Crippen molar-refractivity contribution in [2.75, 3.05) is 0 Å². The van der Waals surface area contributed by atoms with Gasteiger partial charge in [0.05, 0.1) is 23.4 Å². The quantitative estimate of drug-likeness (QED) is 0.700. The highest BCUT2D eigenvalue weighted by molar-refractivity contribution is 8.93. The first-order valence-electron chi connectivity index (χ1n) is 6.76. The molecule has 0 saturated carbocycles. The zero-order valence-electron chi connectivity index (χ0n) is 11.8. The lowest BCUT2D eigenvalue weighted by Gasteiger charge is -2.11. The Hall–Kier alpha value is -2.67. The van der Waals surface area contributed by atoms with E-state index >= 15 is 0 Å². The fourth-order valence-corrected chi connectivity index (χ4v) is 2.67. The number of rotatable bonds is 2. The van der Waals surface area contributed by atoms with Crippen molar-refractivity contribution in [3.63, 3.8) is 0 Å². The van der Waals surface area contributed by atoms with E-state index in [4.69, 9.17) is 0 Å². The van der Waals surface area contributed by atoms with Gasteiger partial charge in [-0.3, -0.25) is 14.5 Å². The number of halogens is 1. The Bertz CT molecular complexity index is 900. The van der Waals surface area contributed by atoms with Gasteiger partial charge >= 0.3 is 0 Å². The number of pyridine rings is 1. The van der Waals surface area contributed by atoms with Crippen molar-refractivity contribution in [3.05, 3.63) is 65.6 Å². The molecule has 3 aromatic rings. The molecule has 0 radical (unpaired) electrons. The van der Waals surface area contributed by atoms with Gasteiger partial charge in [-0.2, -0.15) is 0 Å². The minimum Gasteiger partial charge on any atom is -0.504 e. The minimum absolute atomic E-state index is 0. The van der Waals surface area contributed by atoms with Gasteiger partial charge in [0.25, 0.3) is 11.8 Å². The van der Waals surface area contributed by atoms with Crippen molar-refractivity contribution in [1.29, 1.82) is 0 Å². The normalized spacial score (nSPS) is 13.3. The van der Waals surface area contributed by atoms with Crippen LogP contribution in [0.15, 0.2) is 48.8 Å². The van der Waals surface area contributed by atoms with E-state index in [2.05, 4.69) is 4.98 Å². The van der Waals surface area contributed by atoms with Crippen LogP contribution in [0, 0.1) is 0 Å². The van der Waals surface area contributed by atoms with E-state index in [1.807, 2.05) is 0 Å². The summed E-state index contributed by atoms with van der Waals surface area (Å²) in [6.45, 7) is 0.0769. The molecule has 3 heterocycles. The van der Waals surface area contributed by atoms with Crippen molar-refractivity contribution in [1.82, 2.24) is 14.3 Å². The van der Waals surface area contributed by atoms with Crippen molar-refractivity contribution < 1.29 is 14.7 Å². The summed E-state index contributed by atoms with van der Waals surface area (Å²) in [5, 5.41) is 9.76. The average Bonchev–Trinajstić information content (AvgIpc) is 3.04. The predicted octanol–water partition coefficient (Wildman–Crippen LogP) is 2.41. The maximum absolute atomic E-state index is 12.3. The first kappa shape index (κ1) is 15.2. The highest BCUT2D eigenvalue weighted by Crippen LogP contribution is 2.25. The molecule has 4 rings (SSSR count). The monoisotopic (exact) mass is 373 g/mol. The summed E-state index contributed by atoms with van der Waals surface area (Å²) >= 11 is 0. The molecule has 23 heavy (non-hydrogen) atoms. The molecule has 2 aromatic heterocycles. The standard InChI is InChI=1S/C16H11N3O3.BrH/c20-13-6-3-7-18-8-10(17-14(13)18)9-19-15(21)11-4-1-2-5-12(11)16(19)22;/h1-8,20H,9H2;1H. The van der Waals surface area contributed by atoms with Crippen LogP contribution in [-0.2, 0) is 6.54 Å². The Morgan fingerprint density at radius 2 is 1.65 bits per heavy atom. The second kappa shape index (κ2) is 5.51. The molecule has 1 aliphatic rings. The third kappa shape index (κ3) is 2.29. The number of aromatic hydroxyl groups is 1. The zero-order chi connectivity index (χ0) is 15.3. The first-order chi connectivity index (χ1) is 10.6. The van der Waals surface area contributed by atoms with E-state index in [0.29, 0.717) is 22.5 Å². The zero-order valence-corrected chi connectivity index (χ0v) is 13.6. The molecule has 0 fully saturated rings. The lowest BCUT2D eigenvalue weighted by molar-refractivity contribution is 0.0640. The topological polar surface area (TPSA) is 74.9 Å². The van der Waals surface area contributed by atoms with Crippen LogP contribution in [0.25, 0.3) is 5.65 Å². The third-order valence-corrected chi connectivity index (χ3v) is 3.71. The van der Waals surface area contributed by atoms with Gasteiger partial charge in [-0.1, -0.05) is 12.1 Å². The number of hydrogen-bond donors (Lipinski definition) is 1. The van der Waals surface area contributed by atoms with Crippen LogP contribution in [0.4, 0.5) is 0 Å². The number of nitrogens with zero attached hydrogens (tertiary/aromatic N) is 3. The molecule has 116 valence electrons. The van der Waals surface area contributed by atoms with Crippen molar-refractivity contribution >= 4 is 34.4 Å². The maximum Gasteiger partial charge on any atom is 0.261 e. The molecule has 0 atom stereocenters. The third-order valence-electron chi connectivity index (χ3n) is 3.71. The number of imidazole rings is 1. The summed E-state index contributed by atoms with van der Waals surface area (Å²) in [4.78, 5) is 30.1. The lowest BCUT2D eigenvalue weighted by Crippen LogP contribution is -2.29. The molecular formula is C16H12BrN3O3. The Morgan fingerprint density at radius 3 is 2.26 bits per heavy atom. The van der Waals surface area contributed by atoms with E-state index in [1.54, 1.807) is 47.1 Å². The molecule has 0 spiro atoms. The van der Waals surface area contributed by atoms with Gasteiger partial charge in [0, 0.05) is 12.4 Å². The molecule has 6 nitrogen and oxygen atoms in total. The van der Waals surface area contributed by atoms with Gasteiger partial charge in [0.15, 0.2) is 11.4 Å². The second-order valence-corrected chi connectivity index (χ2v) is 5.10. The average molecular weight is 374 g/mol. The fourth-order valence-electron chi connectivity index (χ4n) is 2.67. The summed E-state index contributed by atoms with van der Waals surface area (Å²) in [5.41, 5.74) is 1.77. The molecule has 0 saturated heterocycles. The number of aromatic nitrogens is 2. The molecule has 1 aromatic carbocycles. The number of carbonyl (C=O) groups is 2. The summed E-state index contributed by atoms with van der Waals surface area (Å²) in [5.74, 6) is -0.583. The van der Waals surface area contributed by atoms with Crippen LogP contribution in [-0.4, -0.2) is 31.2 Å². The van der Waals surface area contributed by atoms with E-state index in [0.717, 1.165) is 0 Å². The molecule has 7 heteroatoms. The van der Waals surface area contributed by atoms with Gasteiger partial charge in [-0.15, -0.1) is 17.0 Å². The SMILES string of the molecule is Br.O=C1c2ccccc2C(=O)N1Cc1cn2cccc(O)c2n1. The fraction of sp³-hybridized carbons (Fsp3) is 0.0625. The highest BCUT2D eigenvalue weighted by Gasteiger charge is 2.35. The minimum atomic E-state index is -0.318. The lowest BCUT2D eigenvalue weighted by atomic mass is 10.1. The van der Waals surface area contributed by atoms with E-state index in [1.165, 1.54) is 11.0 Å². The molecule has 0 bridgehead atoms. The van der Waals surface area contributed by atoms with E-state index in [9.17, 15) is 14.7 Å². The van der Waals surface area contributed by atoms with Crippen LogP contribution in [0.1, 0.15) is 26.4 Å². The number of benzene rings is 1. The van der Waals surface area contributed by atoms with Crippen LogP contribution >= 0.6 is 17.0 Å². The number of fused-ring (bicyclic) bond motifs is 2. The predicted molar refractivity (Wildman–Crippen MR) is 87.8 cm³/mol. The van der Waals surface area contributed by atoms with Crippen LogP contribution in [0.3, 0.4) is 0 Å². The molecule has 0 aliphatic carbocycles. The Balaban J connectivity index is 0.00000156. The number of imide groups is 1.